The number of carbonyl (C=O) groups excluding carboxylic acids is 1. The summed E-state index contributed by atoms with van der Waals surface area (Å²) in [4.78, 5) is 11.6. The summed E-state index contributed by atoms with van der Waals surface area (Å²) in [5.74, 6) is 0.442. The van der Waals surface area contributed by atoms with Gasteiger partial charge in [-0.15, -0.1) is 0 Å². The van der Waals surface area contributed by atoms with E-state index < -0.39 is 5.97 Å². The second-order valence-corrected chi connectivity index (χ2v) is 7.88. The van der Waals surface area contributed by atoms with E-state index in [1.807, 2.05) is 12.1 Å². The van der Waals surface area contributed by atoms with Crippen molar-refractivity contribution in [3.63, 3.8) is 0 Å². The molecule has 0 aromatic heterocycles. The molecule has 140 valence electrons. The van der Waals surface area contributed by atoms with Gasteiger partial charge in [0, 0.05) is 16.3 Å². The maximum atomic E-state index is 11.6. The maximum Gasteiger partial charge on any atom is 0.333 e. The zero-order valence-electron chi connectivity index (χ0n) is 16.5. The molecule has 0 fully saturated rings. The Morgan fingerprint density at radius 3 is 2.37 bits per heavy atom. The van der Waals surface area contributed by atoms with Gasteiger partial charge in [0.2, 0.25) is 0 Å². The normalized spacial score (nSPS) is 11.6. The van der Waals surface area contributed by atoms with Crippen molar-refractivity contribution in [2.24, 2.45) is 0 Å². The molecule has 0 bridgehead atoms. The summed E-state index contributed by atoms with van der Waals surface area (Å²) in [5.41, 5.74) is 1.69. The minimum atomic E-state index is -0.392. The highest BCUT2D eigenvalue weighted by Gasteiger charge is 2.16. The summed E-state index contributed by atoms with van der Waals surface area (Å²) in [7, 11) is 0. The lowest BCUT2D eigenvalue weighted by molar-refractivity contribution is -0.139. The maximum absolute atomic E-state index is 11.6. The van der Waals surface area contributed by atoms with Crippen LogP contribution in [-0.2, 0) is 14.9 Å². The quantitative estimate of drug-likeness (QED) is 0.249. The van der Waals surface area contributed by atoms with Crippen LogP contribution in [0.25, 0.3) is 21.5 Å². The van der Waals surface area contributed by atoms with Crippen molar-refractivity contribution in [1.82, 2.24) is 0 Å². The van der Waals surface area contributed by atoms with Crippen molar-refractivity contribution in [3.8, 4) is 5.75 Å². The molecule has 0 radical (unpaired) electrons. The van der Waals surface area contributed by atoms with E-state index in [-0.39, 0.29) is 12.0 Å². The first kappa shape index (κ1) is 19.0. The van der Waals surface area contributed by atoms with Gasteiger partial charge < -0.3 is 9.47 Å². The first-order valence-corrected chi connectivity index (χ1v) is 9.19. The average molecular weight is 362 g/mol. The van der Waals surface area contributed by atoms with Gasteiger partial charge in [-0.2, -0.15) is 0 Å². The van der Waals surface area contributed by atoms with Crippen LogP contribution in [0, 0.1) is 0 Å². The molecule has 0 aliphatic carbocycles. The monoisotopic (exact) mass is 362 g/mol. The number of rotatable bonds is 5. The Hall–Kier alpha value is -2.81. The SMILES string of the molecule is C=C(C)C(=O)OCCOc1c2ccccc2cc2ccc(C(C)(C)C)cc12. The number of ether oxygens (including phenoxy) is 2. The Kier molecular flexibility index (Phi) is 5.22. The molecule has 27 heavy (non-hydrogen) atoms. The number of fused-ring (bicyclic) bond motifs is 2. The van der Waals surface area contributed by atoms with Crippen LogP contribution in [0.2, 0.25) is 0 Å². The summed E-state index contributed by atoms with van der Waals surface area (Å²) in [6.45, 7) is 12.3. The molecule has 0 amide bonds. The molecule has 0 spiro atoms. The van der Waals surface area contributed by atoms with E-state index in [1.54, 1.807) is 6.92 Å². The first-order valence-electron chi connectivity index (χ1n) is 9.19. The van der Waals surface area contributed by atoms with Crippen LogP contribution in [0.5, 0.6) is 5.75 Å². The van der Waals surface area contributed by atoms with Crippen LogP contribution in [-0.4, -0.2) is 19.2 Å². The summed E-state index contributed by atoms with van der Waals surface area (Å²) in [6, 6.07) is 16.9. The molecule has 3 nitrogen and oxygen atoms in total. The lowest BCUT2D eigenvalue weighted by Gasteiger charge is -2.21. The molecule has 3 rings (SSSR count). The second-order valence-electron chi connectivity index (χ2n) is 7.88. The highest BCUT2D eigenvalue weighted by atomic mass is 16.6. The Balaban J connectivity index is 2.00. The van der Waals surface area contributed by atoms with Gasteiger partial charge in [0.05, 0.1) is 0 Å². The van der Waals surface area contributed by atoms with Crippen LogP contribution in [0.1, 0.15) is 33.3 Å². The van der Waals surface area contributed by atoms with Gasteiger partial charge in [-0.1, -0.05) is 63.7 Å². The third-order valence-electron chi connectivity index (χ3n) is 4.59. The Bertz CT molecular complexity index is 1010. The summed E-state index contributed by atoms with van der Waals surface area (Å²) in [5, 5.41) is 4.40. The zero-order chi connectivity index (χ0) is 19.6. The van der Waals surface area contributed by atoms with Crippen LogP contribution >= 0.6 is 0 Å². The van der Waals surface area contributed by atoms with Gasteiger partial charge in [-0.05, 0) is 40.8 Å². The van der Waals surface area contributed by atoms with Crippen molar-refractivity contribution in [3.05, 3.63) is 66.2 Å². The predicted octanol–water partition coefficient (Wildman–Crippen LogP) is 5.79. The fraction of sp³-hybridized carbons (Fsp3) is 0.292. The number of hydrogen-bond donors (Lipinski definition) is 0. The minimum absolute atomic E-state index is 0.0497. The molecule has 0 saturated heterocycles. The Morgan fingerprint density at radius 2 is 1.67 bits per heavy atom. The highest BCUT2D eigenvalue weighted by molar-refractivity contribution is 6.05. The summed E-state index contributed by atoms with van der Waals surface area (Å²) < 4.78 is 11.3. The molecule has 0 saturated carbocycles. The van der Waals surface area contributed by atoms with Gasteiger partial charge in [0.15, 0.2) is 0 Å². The Labute approximate surface area is 160 Å². The molecular formula is C24H26O3. The molecule has 0 heterocycles. The van der Waals surface area contributed by atoms with E-state index in [1.165, 1.54) is 5.56 Å². The average Bonchev–Trinajstić information content (AvgIpc) is 2.62. The van der Waals surface area contributed by atoms with Crippen LogP contribution in [0.15, 0.2) is 60.7 Å². The molecule has 3 aromatic carbocycles. The second kappa shape index (κ2) is 7.43. The van der Waals surface area contributed by atoms with Crippen LogP contribution < -0.4 is 4.74 Å². The van der Waals surface area contributed by atoms with E-state index in [2.05, 4.69) is 63.7 Å². The van der Waals surface area contributed by atoms with Crippen LogP contribution in [0.3, 0.4) is 0 Å². The summed E-state index contributed by atoms with van der Waals surface area (Å²) in [6.07, 6.45) is 0. The zero-order valence-corrected chi connectivity index (χ0v) is 16.5. The van der Waals surface area contributed by atoms with E-state index in [4.69, 9.17) is 9.47 Å². The van der Waals surface area contributed by atoms with Crippen molar-refractivity contribution in [2.45, 2.75) is 33.1 Å². The highest BCUT2D eigenvalue weighted by Crippen LogP contribution is 2.37. The van der Waals surface area contributed by atoms with Gasteiger partial charge in [-0.3, -0.25) is 0 Å². The third kappa shape index (κ3) is 4.13. The molecule has 3 aromatic rings. The third-order valence-corrected chi connectivity index (χ3v) is 4.59. The standard InChI is InChI=1S/C24H26O3/c1-16(2)23(25)27-13-12-26-22-20-9-7-6-8-17(20)14-18-10-11-19(15-21(18)22)24(3,4)5/h6-11,14-15H,1,12-13H2,2-5H3. The lowest BCUT2D eigenvalue weighted by Crippen LogP contribution is -2.13. The molecule has 0 unspecified atom stereocenters. The minimum Gasteiger partial charge on any atom is -0.489 e. The van der Waals surface area contributed by atoms with Crippen molar-refractivity contribution >= 4 is 27.5 Å². The molecule has 0 atom stereocenters. The Morgan fingerprint density at radius 1 is 0.963 bits per heavy atom. The van der Waals surface area contributed by atoms with Gasteiger partial charge in [-0.25, -0.2) is 4.79 Å². The number of carbonyl (C=O) groups is 1. The first-order chi connectivity index (χ1) is 12.8. The van der Waals surface area contributed by atoms with E-state index >= 15 is 0 Å². The van der Waals surface area contributed by atoms with E-state index in [0.29, 0.717) is 12.2 Å². The van der Waals surface area contributed by atoms with Crippen LogP contribution in [0.4, 0.5) is 0 Å². The van der Waals surface area contributed by atoms with E-state index in [0.717, 1.165) is 27.3 Å². The topological polar surface area (TPSA) is 35.5 Å². The van der Waals surface area contributed by atoms with Gasteiger partial charge >= 0.3 is 5.97 Å². The number of esters is 1. The van der Waals surface area contributed by atoms with Gasteiger partial charge in [0.25, 0.3) is 0 Å². The number of hydrogen-bond acceptors (Lipinski definition) is 3. The fourth-order valence-corrected chi connectivity index (χ4v) is 3.04. The smallest absolute Gasteiger partial charge is 0.333 e. The van der Waals surface area contributed by atoms with Gasteiger partial charge in [0.1, 0.15) is 19.0 Å². The van der Waals surface area contributed by atoms with E-state index in [9.17, 15) is 4.79 Å². The van der Waals surface area contributed by atoms with Crippen molar-refractivity contribution in [2.75, 3.05) is 13.2 Å². The largest absolute Gasteiger partial charge is 0.489 e. The predicted molar refractivity (Wildman–Crippen MR) is 111 cm³/mol. The molecule has 0 aliphatic rings. The molecule has 0 aliphatic heterocycles. The lowest BCUT2D eigenvalue weighted by atomic mass is 9.85. The fourth-order valence-electron chi connectivity index (χ4n) is 3.04. The van der Waals surface area contributed by atoms with Crippen molar-refractivity contribution < 1.29 is 14.3 Å². The molecule has 0 N–H and O–H groups in total. The summed E-state index contributed by atoms with van der Waals surface area (Å²) >= 11 is 0. The number of benzene rings is 3. The molecular weight excluding hydrogens is 336 g/mol. The molecule has 3 heteroatoms. The van der Waals surface area contributed by atoms with Crippen molar-refractivity contribution in [1.29, 1.82) is 0 Å².